The van der Waals surface area contributed by atoms with Crippen LogP contribution >= 0.6 is 0 Å². The summed E-state index contributed by atoms with van der Waals surface area (Å²) >= 11 is 0. The van der Waals surface area contributed by atoms with Crippen molar-refractivity contribution in [1.82, 2.24) is 0 Å². The molecule has 0 aliphatic heterocycles. The summed E-state index contributed by atoms with van der Waals surface area (Å²) in [7, 11) is 0.900. The molecule has 0 unspecified atom stereocenters. The normalized spacial score (nSPS) is 22.2. The predicted octanol–water partition coefficient (Wildman–Crippen LogP) is 7.90. The van der Waals surface area contributed by atoms with Crippen LogP contribution in [-0.2, 0) is 26.3 Å². The first kappa shape index (κ1) is 28.0. The van der Waals surface area contributed by atoms with Crippen LogP contribution in [0.2, 0.25) is 0 Å². The first-order chi connectivity index (χ1) is 16.9. The highest BCUT2D eigenvalue weighted by Gasteiger charge is 2.64. The Morgan fingerprint density at radius 1 is 1.00 bits per heavy atom. The maximum atomic E-state index is 14.4. The number of allylic oxidation sites excluding steroid dienone is 1. The van der Waals surface area contributed by atoms with Crippen LogP contribution in [-0.4, -0.2) is 25.4 Å². The summed E-state index contributed by atoms with van der Waals surface area (Å²) in [6, 6.07) is 11.3. The third kappa shape index (κ3) is 5.54. The van der Waals surface area contributed by atoms with Crippen molar-refractivity contribution in [3.63, 3.8) is 0 Å². The number of carbonyl (C=O) groups excluding carboxylic acids is 1. The van der Waals surface area contributed by atoms with Gasteiger partial charge in [-0.1, -0.05) is 74.9 Å². The Kier molecular flexibility index (Phi) is 8.71. The van der Waals surface area contributed by atoms with E-state index < -0.39 is 23.9 Å². The van der Waals surface area contributed by atoms with Gasteiger partial charge >= 0.3 is 12.1 Å². The average molecular weight is 503 g/mol. The van der Waals surface area contributed by atoms with Gasteiger partial charge in [0.2, 0.25) is 0 Å². The van der Waals surface area contributed by atoms with Gasteiger partial charge in [0.15, 0.2) is 0 Å². The van der Waals surface area contributed by atoms with Crippen molar-refractivity contribution in [1.29, 1.82) is 0 Å². The van der Waals surface area contributed by atoms with Gasteiger partial charge in [0.1, 0.15) is 6.10 Å². The third-order valence-corrected chi connectivity index (χ3v) is 7.38. The Morgan fingerprint density at radius 3 is 2.25 bits per heavy atom. The van der Waals surface area contributed by atoms with E-state index in [9.17, 15) is 18.0 Å². The quantitative estimate of drug-likeness (QED) is 0.390. The number of methoxy groups -OCH3 is 1. The first-order valence-electron chi connectivity index (χ1n) is 12.6. The van der Waals surface area contributed by atoms with Crippen molar-refractivity contribution >= 4 is 12.0 Å². The Hall–Kier alpha value is -2.60. The van der Waals surface area contributed by atoms with E-state index in [4.69, 9.17) is 9.47 Å². The fourth-order valence-electron chi connectivity index (χ4n) is 5.11. The summed E-state index contributed by atoms with van der Waals surface area (Å²) < 4.78 is 53.7. The molecule has 0 radical (unpaired) electrons. The van der Waals surface area contributed by atoms with E-state index in [0.717, 1.165) is 19.1 Å². The Morgan fingerprint density at radius 2 is 1.67 bits per heavy atom. The van der Waals surface area contributed by atoms with Gasteiger partial charge < -0.3 is 9.47 Å². The number of esters is 1. The predicted molar refractivity (Wildman–Crippen MR) is 137 cm³/mol. The number of rotatable bonds is 5. The van der Waals surface area contributed by atoms with E-state index in [1.165, 1.54) is 46.5 Å². The molecule has 0 N–H and O–H groups in total. The Bertz CT molecular complexity index is 1090. The van der Waals surface area contributed by atoms with Crippen molar-refractivity contribution in [3.8, 4) is 0 Å². The van der Waals surface area contributed by atoms with Crippen LogP contribution in [0, 0.1) is 12.8 Å². The zero-order chi connectivity index (χ0) is 26.7. The molecular weight excluding hydrogens is 465 g/mol. The van der Waals surface area contributed by atoms with Crippen molar-refractivity contribution in [2.45, 2.75) is 84.1 Å². The maximum Gasteiger partial charge on any atom is 0.432 e. The number of aryl methyl sites for hydroxylation is 1. The van der Waals surface area contributed by atoms with Crippen molar-refractivity contribution in [2.24, 2.45) is 5.92 Å². The molecule has 0 aromatic heterocycles. The molecule has 6 heteroatoms. The lowest BCUT2D eigenvalue weighted by molar-refractivity contribution is -0.279. The van der Waals surface area contributed by atoms with Gasteiger partial charge in [0, 0.05) is 12.7 Å². The molecule has 0 heterocycles. The number of alkyl halides is 3. The lowest BCUT2D eigenvalue weighted by Gasteiger charge is -2.35. The van der Waals surface area contributed by atoms with Crippen molar-refractivity contribution in [2.75, 3.05) is 7.11 Å². The van der Waals surface area contributed by atoms with Crippen LogP contribution in [0.3, 0.4) is 0 Å². The average Bonchev–Trinajstić information content (AvgIpc) is 2.81. The number of hydrogen-bond donors (Lipinski definition) is 0. The lowest BCUT2D eigenvalue weighted by atomic mass is 9.83. The molecule has 3 rings (SSSR count). The van der Waals surface area contributed by atoms with E-state index in [1.54, 1.807) is 6.07 Å². The van der Waals surface area contributed by atoms with Crippen LogP contribution in [0.25, 0.3) is 6.08 Å². The van der Waals surface area contributed by atoms with E-state index >= 15 is 0 Å². The largest absolute Gasteiger partial charge is 0.459 e. The number of carbonyl (C=O) groups is 1. The van der Waals surface area contributed by atoms with Crippen molar-refractivity contribution in [3.05, 3.63) is 75.9 Å². The molecule has 1 aliphatic rings. The second-order valence-corrected chi connectivity index (χ2v) is 10.3. The molecule has 1 aliphatic carbocycles. The molecule has 3 atom stereocenters. The Labute approximate surface area is 212 Å². The first-order valence-corrected chi connectivity index (χ1v) is 12.6. The van der Waals surface area contributed by atoms with Crippen molar-refractivity contribution < 1.29 is 27.4 Å². The third-order valence-electron chi connectivity index (χ3n) is 7.38. The van der Waals surface area contributed by atoms with Gasteiger partial charge in [-0.25, -0.2) is 4.79 Å². The minimum Gasteiger partial charge on any atom is -0.459 e. The van der Waals surface area contributed by atoms with Gasteiger partial charge in [-0.3, -0.25) is 0 Å². The SMILES string of the molecule is CO[C@@](C(=O)O[C@H]1CC/C(C)=C\c2c(C(C)C)ccc(C)c2CC[C@H]1C)(c1ccccc1)C(F)(F)F. The molecule has 0 amide bonds. The highest BCUT2D eigenvalue weighted by Crippen LogP contribution is 2.44. The molecule has 0 saturated carbocycles. The zero-order valence-electron chi connectivity index (χ0n) is 22.0. The van der Waals surface area contributed by atoms with Crippen LogP contribution in [0.5, 0.6) is 0 Å². The molecule has 196 valence electrons. The van der Waals surface area contributed by atoms with E-state index in [2.05, 4.69) is 39.0 Å². The van der Waals surface area contributed by atoms with Crippen LogP contribution in [0.1, 0.15) is 80.7 Å². The number of benzene rings is 2. The highest BCUT2D eigenvalue weighted by molar-refractivity contribution is 5.83. The van der Waals surface area contributed by atoms with E-state index in [0.29, 0.717) is 25.2 Å². The monoisotopic (exact) mass is 502 g/mol. The number of hydrogen-bond acceptors (Lipinski definition) is 3. The molecule has 0 bridgehead atoms. The van der Waals surface area contributed by atoms with Gasteiger partial charge in [0.05, 0.1) is 0 Å². The van der Waals surface area contributed by atoms with E-state index in [1.807, 2.05) is 13.8 Å². The zero-order valence-corrected chi connectivity index (χ0v) is 22.0. The molecule has 2 aromatic carbocycles. The highest BCUT2D eigenvalue weighted by atomic mass is 19.4. The Balaban J connectivity index is 1.95. The maximum absolute atomic E-state index is 14.4. The number of halogens is 3. The minimum atomic E-state index is -4.99. The second-order valence-electron chi connectivity index (χ2n) is 10.3. The number of ether oxygens (including phenoxy) is 2. The summed E-state index contributed by atoms with van der Waals surface area (Å²) in [6.07, 6.45) is -0.947. The number of fused-ring (bicyclic) bond motifs is 1. The summed E-state index contributed by atoms with van der Waals surface area (Å²) in [4.78, 5) is 13.3. The van der Waals surface area contributed by atoms with Gasteiger partial charge in [-0.05, 0) is 73.6 Å². The van der Waals surface area contributed by atoms with Gasteiger partial charge in [-0.15, -0.1) is 0 Å². The van der Waals surface area contributed by atoms with Gasteiger partial charge in [-0.2, -0.15) is 13.2 Å². The molecule has 0 fully saturated rings. The molecule has 3 nitrogen and oxygen atoms in total. The standard InChI is InChI=1S/C30H37F3O3/c1-19(2)24-15-13-21(4)25-16-14-22(5)27(17-12-20(3)18-26(24)25)36-28(34)29(35-6,30(31,32)33)23-10-8-7-9-11-23/h7-11,13,15,18-19,22,27H,12,14,16-17H2,1-6H3/b20-18-/t22-,27+,29-/m1/s1. The topological polar surface area (TPSA) is 35.5 Å². The smallest absolute Gasteiger partial charge is 0.432 e. The van der Waals surface area contributed by atoms with E-state index in [-0.39, 0.29) is 11.5 Å². The van der Waals surface area contributed by atoms with Gasteiger partial charge in [0.25, 0.3) is 5.60 Å². The molecule has 36 heavy (non-hydrogen) atoms. The summed E-state index contributed by atoms with van der Waals surface area (Å²) in [5.41, 5.74) is 2.64. The lowest BCUT2D eigenvalue weighted by Crippen LogP contribution is -2.53. The van der Waals surface area contributed by atoms with Crippen LogP contribution < -0.4 is 0 Å². The van der Waals surface area contributed by atoms with Crippen LogP contribution in [0.15, 0.2) is 48.0 Å². The summed E-state index contributed by atoms with van der Waals surface area (Å²) in [5, 5.41) is 0. The fourth-order valence-corrected chi connectivity index (χ4v) is 5.11. The molecule has 0 saturated heterocycles. The second kappa shape index (κ2) is 11.2. The fraction of sp³-hybridized carbons (Fsp3) is 0.500. The summed E-state index contributed by atoms with van der Waals surface area (Å²) in [5.74, 6) is -1.17. The molecular formula is C30H37F3O3. The minimum absolute atomic E-state index is 0.131. The molecule has 0 spiro atoms. The molecule has 2 aromatic rings. The summed E-state index contributed by atoms with van der Waals surface area (Å²) in [6.45, 7) is 10.4. The van der Waals surface area contributed by atoms with Crippen LogP contribution in [0.4, 0.5) is 13.2 Å².